The number of primary amides is 1. The topological polar surface area (TPSA) is 72.1 Å². The molecule has 1 aromatic heterocycles. The van der Waals surface area contributed by atoms with Crippen molar-refractivity contribution in [3.05, 3.63) is 53.5 Å². The van der Waals surface area contributed by atoms with Crippen molar-refractivity contribution in [2.75, 3.05) is 18.0 Å². The number of amides is 1. The minimum atomic E-state index is -4.41. The van der Waals surface area contributed by atoms with E-state index in [0.29, 0.717) is 30.6 Å². The number of anilines is 1. The number of rotatable bonds is 4. The smallest absolute Gasteiger partial charge is 0.369 e. The van der Waals surface area contributed by atoms with Gasteiger partial charge < -0.3 is 10.6 Å². The summed E-state index contributed by atoms with van der Waals surface area (Å²) in [6.45, 7) is 3.08. The Balaban J connectivity index is 1.54. The van der Waals surface area contributed by atoms with Crippen LogP contribution in [0.15, 0.2) is 36.8 Å². The Morgan fingerprint density at radius 1 is 1.21 bits per heavy atom. The van der Waals surface area contributed by atoms with Crippen molar-refractivity contribution in [1.29, 1.82) is 0 Å². The fourth-order valence-electron chi connectivity index (χ4n) is 4.87. The maximum absolute atomic E-state index is 13.2. The molecule has 2 unspecified atom stereocenters. The third kappa shape index (κ3) is 3.56. The van der Waals surface area contributed by atoms with Gasteiger partial charge >= 0.3 is 6.18 Å². The largest absolute Gasteiger partial charge is 0.416 e. The average Bonchev–Trinajstić information content (AvgIpc) is 3.45. The zero-order chi connectivity index (χ0) is 20.8. The van der Waals surface area contributed by atoms with E-state index in [4.69, 9.17) is 5.73 Å². The van der Waals surface area contributed by atoms with Gasteiger partial charge in [0.15, 0.2) is 0 Å². The van der Waals surface area contributed by atoms with Crippen LogP contribution in [0.25, 0.3) is 0 Å². The molecule has 2 atom stereocenters. The van der Waals surface area contributed by atoms with E-state index >= 15 is 0 Å². The van der Waals surface area contributed by atoms with E-state index in [2.05, 4.69) is 14.9 Å². The van der Waals surface area contributed by atoms with Crippen LogP contribution in [0.5, 0.6) is 0 Å². The van der Waals surface area contributed by atoms with Crippen molar-refractivity contribution in [2.45, 2.75) is 38.3 Å². The first kappa shape index (κ1) is 19.7. The van der Waals surface area contributed by atoms with Gasteiger partial charge in [0, 0.05) is 25.5 Å². The molecule has 5 nitrogen and oxygen atoms in total. The van der Waals surface area contributed by atoms with Gasteiger partial charge in [-0.2, -0.15) is 13.2 Å². The van der Waals surface area contributed by atoms with E-state index in [1.165, 1.54) is 6.07 Å². The first-order valence-corrected chi connectivity index (χ1v) is 9.71. The van der Waals surface area contributed by atoms with Crippen LogP contribution in [-0.2, 0) is 11.0 Å². The third-order valence-corrected chi connectivity index (χ3v) is 6.39. The fraction of sp³-hybridized carbons (Fsp3) is 0.476. The van der Waals surface area contributed by atoms with Crippen LogP contribution in [0, 0.1) is 18.3 Å². The summed E-state index contributed by atoms with van der Waals surface area (Å²) in [4.78, 5) is 23.0. The number of benzene rings is 1. The quantitative estimate of drug-likeness (QED) is 0.844. The Morgan fingerprint density at radius 2 is 1.93 bits per heavy atom. The maximum Gasteiger partial charge on any atom is 0.416 e. The summed E-state index contributed by atoms with van der Waals surface area (Å²) in [7, 11) is 0. The number of hydrogen-bond donors (Lipinski definition) is 1. The Kier molecular flexibility index (Phi) is 4.75. The second kappa shape index (κ2) is 7.00. The van der Waals surface area contributed by atoms with Crippen LogP contribution in [0.1, 0.15) is 41.9 Å². The average molecular weight is 404 g/mol. The summed E-state index contributed by atoms with van der Waals surface area (Å²) in [5.74, 6) is 0.178. The Morgan fingerprint density at radius 3 is 2.52 bits per heavy atom. The molecule has 1 aromatic carbocycles. The number of aromatic nitrogens is 2. The van der Waals surface area contributed by atoms with Crippen LogP contribution in [0.4, 0.5) is 19.0 Å². The van der Waals surface area contributed by atoms with Crippen LogP contribution < -0.4 is 10.6 Å². The molecule has 1 aliphatic carbocycles. The molecule has 1 saturated heterocycles. The molecule has 2 N–H and O–H groups in total. The molecule has 1 amide bonds. The second-order valence-electron chi connectivity index (χ2n) is 8.12. The summed E-state index contributed by atoms with van der Waals surface area (Å²) in [5, 5.41) is 0. The molecule has 2 aliphatic rings. The van der Waals surface area contributed by atoms with E-state index in [9.17, 15) is 18.0 Å². The highest BCUT2D eigenvalue weighted by molar-refractivity contribution is 5.86. The molecule has 29 heavy (non-hydrogen) atoms. The van der Waals surface area contributed by atoms with Gasteiger partial charge in [-0.05, 0) is 55.7 Å². The van der Waals surface area contributed by atoms with Gasteiger partial charge in [0.05, 0.1) is 17.2 Å². The van der Waals surface area contributed by atoms with Crippen molar-refractivity contribution >= 4 is 11.7 Å². The van der Waals surface area contributed by atoms with E-state index in [0.717, 1.165) is 24.7 Å². The monoisotopic (exact) mass is 404 g/mol. The van der Waals surface area contributed by atoms with Crippen LogP contribution in [-0.4, -0.2) is 29.0 Å². The number of alkyl halides is 3. The summed E-state index contributed by atoms with van der Waals surface area (Å²) < 4.78 is 39.7. The number of piperidine rings is 1. The molecule has 0 bridgehead atoms. The van der Waals surface area contributed by atoms with Gasteiger partial charge in [-0.15, -0.1) is 0 Å². The van der Waals surface area contributed by atoms with Crippen LogP contribution in [0.3, 0.4) is 0 Å². The molecule has 2 fully saturated rings. The Bertz CT molecular complexity index is 910. The summed E-state index contributed by atoms with van der Waals surface area (Å²) in [6, 6.07) is 4.06. The highest BCUT2D eigenvalue weighted by Gasteiger charge is 2.63. The summed E-state index contributed by atoms with van der Waals surface area (Å²) in [6.07, 6.45) is 2.55. The van der Waals surface area contributed by atoms with E-state index in [-0.39, 0.29) is 11.8 Å². The molecule has 0 spiro atoms. The number of halogens is 3. The number of carbonyl (C=O) groups is 1. The minimum Gasteiger partial charge on any atom is -0.369 e. The number of nitrogens with zero attached hydrogens (tertiary/aromatic N) is 3. The minimum absolute atomic E-state index is 0.0489. The fourth-order valence-corrected chi connectivity index (χ4v) is 4.87. The SMILES string of the molecule is Cc1cc(C2CC2(C(N)=O)C2CCN(c3cnccn3)CC2)cc(C(F)(F)F)c1. The first-order valence-electron chi connectivity index (χ1n) is 9.71. The summed E-state index contributed by atoms with van der Waals surface area (Å²) >= 11 is 0. The Hall–Kier alpha value is -2.64. The molecule has 4 rings (SSSR count). The maximum atomic E-state index is 13.2. The first-order chi connectivity index (χ1) is 13.7. The molecule has 2 heterocycles. The van der Waals surface area contributed by atoms with Crippen LogP contribution >= 0.6 is 0 Å². The molecule has 1 saturated carbocycles. The van der Waals surface area contributed by atoms with Crippen molar-refractivity contribution in [3.8, 4) is 0 Å². The van der Waals surface area contributed by atoms with E-state index in [1.807, 2.05) is 0 Å². The number of nitrogens with two attached hydrogens (primary N) is 1. The third-order valence-electron chi connectivity index (χ3n) is 6.39. The van der Waals surface area contributed by atoms with Crippen molar-refractivity contribution in [3.63, 3.8) is 0 Å². The lowest BCUT2D eigenvalue weighted by Crippen LogP contribution is -2.42. The van der Waals surface area contributed by atoms with Gasteiger partial charge in [0.25, 0.3) is 0 Å². The van der Waals surface area contributed by atoms with Gasteiger partial charge in [-0.1, -0.05) is 11.6 Å². The molecule has 8 heteroatoms. The van der Waals surface area contributed by atoms with Crippen molar-refractivity contribution in [2.24, 2.45) is 17.1 Å². The van der Waals surface area contributed by atoms with Gasteiger partial charge in [-0.3, -0.25) is 9.78 Å². The zero-order valence-electron chi connectivity index (χ0n) is 16.1. The number of aryl methyl sites for hydroxylation is 1. The molecule has 1 aliphatic heterocycles. The normalized spacial score (nSPS) is 25.1. The second-order valence-corrected chi connectivity index (χ2v) is 8.12. The predicted octanol–water partition coefficient (Wildman–Crippen LogP) is 3.68. The van der Waals surface area contributed by atoms with Crippen molar-refractivity contribution < 1.29 is 18.0 Å². The van der Waals surface area contributed by atoms with Crippen molar-refractivity contribution in [1.82, 2.24) is 9.97 Å². The highest BCUT2D eigenvalue weighted by atomic mass is 19.4. The number of carbonyl (C=O) groups excluding carboxylic acids is 1. The van der Waals surface area contributed by atoms with E-state index in [1.54, 1.807) is 31.6 Å². The van der Waals surface area contributed by atoms with Gasteiger partial charge in [0.1, 0.15) is 5.82 Å². The standard InChI is InChI=1S/C21H23F3N4O/c1-13-8-14(10-16(9-13)21(22,23)24)17-11-20(17,19(25)29)15-2-6-28(7-3-15)18-12-26-4-5-27-18/h4-5,8-10,12,15,17H,2-3,6-7,11H2,1H3,(H2,25,29). The highest BCUT2D eigenvalue weighted by Crippen LogP contribution is 2.65. The molecular weight excluding hydrogens is 381 g/mol. The molecular formula is C21H23F3N4O. The lowest BCUT2D eigenvalue weighted by atomic mass is 9.78. The summed E-state index contributed by atoms with van der Waals surface area (Å²) in [5.41, 5.74) is 5.47. The lowest BCUT2D eigenvalue weighted by Gasteiger charge is -2.36. The van der Waals surface area contributed by atoms with Crippen LogP contribution in [0.2, 0.25) is 0 Å². The Labute approximate surface area is 167 Å². The molecule has 154 valence electrons. The van der Waals surface area contributed by atoms with Gasteiger partial charge in [0.2, 0.25) is 5.91 Å². The number of hydrogen-bond acceptors (Lipinski definition) is 4. The van der Waals surface area contributed by atoms with E-state index < -0.39 is 23.1 Å². The van der Waals surface area contributed by atoms with Gasteiger partial charge in [-0.25, -0.2) is 4.98 Å². The predicted molar refractivity (Wildman–Crippen MR) is 102 cm³/mol. The zero-order valence-corrected chi connectivity index (χ0v) is 16.1. The molecule has 0 radical (unpaired) electrons. The lowest BCUT2D eigenvalue weighted by molar-refractivity contribution is -0.137. The molecule has 2 aromatic rings.